The minimum atomic E-state index is -0.469. The summed E-state index contributed by atoms with van der Waals surface area (Å²) in [6.07, 6.45) is 4.69. The van der Waals surface area contributed by atoms with Crippen LogP contribution < -0.4 is 0 Å². The van der Waals surface area contributed by atoms with Crippen molar-refractivity contribution in [1.82, 2.24) is 0 Å². The Hall–Kier alpha value is -1.09. The first kappa shape index (κ1) is 6.61. The highest BCUT2D eigenvalue weighted by molar-refractivity contribution is 5.86. The summed E-state index contributed by atoms with van der Waals surface area (Å²) in [7, 11) is 0. The minimum Gasteiger partial charge on any atom is -0.454 e. The van der Waals surface area contributed by atoms with E-state index < -0.39 is 6.10 Å². The average Bonchev–Trinajstić information content (AvgIpc) is 2.27. The third-order valence-electron chi connectivity index (χ3n) is 1.88. The second kappa shape index (κ2) is 2.20. The van der Waals surface area contributed by atoms with Gasteiger partial charge in [0.05, 0.1) is 6.10 Å². The zero-order valence-electron chi connectivity index (χ0n) is 5.86. The molecule has 0 saturated carbocycles. The number of rotatable bonds is 0. The Bertz CT molecular complexity index is 252. The van der Waals surface area contributed by atoms with Gasteiger partial charge in [-0.1, -0.05) is 12.2 Å². The van der Waals surface area contributed by atoms with Crippen LogP contribution in [0.2, 0.25) is 0 Å². The van der Waals surface area contributed by atoms with Crippen molar-refractivity contribution in [3.8, 4) is 0 Å². The van der Waals surface area contributed by atoms with Crippen LogP contribution in [-0.4, -0.2) is 23.3 Å². The Kier molecular flexibility index (Phi) is 1.32. The number of ether oxygens (including phenoxy) is 1. The second-order valence-corrected chi connectivity index (χ2v) is 2.73. The van der Waals surface area contributed by atoms with E-state index in [0.717, 1.165) is 5.57 Å². The molecule has 2 rings (SSSR count). The summed E-state index contributed by atoms with van der Waals surface area (Å²) in [6, 6.07) is 0. The molecule has 0 radical (unpaired) electrons. The van der Waals surface area contributed by atoms with E-state index >= 15 is 0 Å². The Morgan fingerprint density at radius 2 is 2.45 bits per heavy atom. The molecule has 1 aliphatic heterocycles. The minimum absolute atomic E-state index is 0.206. The number of hydrogen-bond donors (Lipinski definition) is 1. The largest absolute Gasteiger partial charge is 0.454 e. The maximum absolute atomic E-state index is 10.7. The third-order valence-corrected chi connectivity index (χ3v) is 1.88. The van der Waals surface area contributed by atoms with Gasteiger partial charge in [0.1, 0.15) is 6.10 Å². The van der Waals surface area contributed by atoms with E-state index in [1.807, 2.05) is 0 Å². The number of carbonyl (C=O) groups excluding carboxylic acids is 1. The molecule has 0 spiro atoms. The molecule has 0 aromatic carbocycles. The standard InChI is InChI=1S/C8H8O3/c9-6-2-1-5-3-8(10)11-7(5)4-6/h1-3,6-7,9H,4H2/t6-,7-/m0/s1. The lowest BCUT2D eigenvalue weighted by atomic mass is 9.98. The molecule has 2 atom stereocenters. The molecule has 0 amide bonds. The number of aliphatic hydroxyl groups excluding tert-OH is 1. The summed E-state index contributed by atoms with van der Waals surface area (Å²) in [5, 5.41) is 9.14. The van der Waals surface area contributed by atoms with Gasteiger partial charge < -0.3 is 9.84 Å². The van der Waals surface area contributed by atoms with Gasteiger partial charge in [-0.3, -0.25) is 0 Å². The van der Waals surface area contributed by atoms with E-state index in [1.165, 1.54) is 6.08 Å². The van der Waals surface area contributed by atoms with Crippen LogP contribution in [0.1, 0.15) is 6.42 Å². The highest BCUT2D eigenvalue weighted by Gasteiger charge is 2.28. The molecule has 1 aliphatic carbocycles. The molecule has 0 unspecified atom stereocenters. The van der Waals surface area contributed by atoms with Gasteiger partial charge in [0, 0.05) is 12.5 Å². The van der Waals surface area contributed by atoms with Crippen molar-refractivity contribution in [2.24, 2.45) is 0 Å². The summed E-state index contributed by atoms with van der Waals surface area (Å²) in [4.78, 5) is 10.7. The van der Waals surface area contributed by atoms with Crippen LogP contribution >= 0.6 is 0 Å². The molecule has 0 fully saturated rings. The van der Waals surface area contributed by atoms with Gasteiger partial charge in [0.2, 0.25) is 0 Å². The number of hydrogen-bond acceptors (Lipinski definition) is 3. The fourth-order valence-electron chi connectivity index (χ4n) is 1.33. The number of carbonyl (C=O) groups is 1. The maximum atomic E-state index is 10.7. The van der Waals surface area contributed by atoms with Crippen molar-refractivity contribution in [3.63, 3.8) is 0 Å². The lowest BCUT2D eigenvalue weighted by Crippen LogP contribution is -2.21. The van der Waals surface area contributed by atoms with Gasteiger partial charge >= 0.3 is 5.97 Å². The van der Waals surface area contributed by atoms with Gasteiger partial charge in [0.25, 0.3) is 0 Å². The smallest absolute Gasteiger partial charge is 0.331 e. The molecule has 3 nitrogen and oxygen atoms in total. The average molecular weight is 152 g/mol. The van der Waals surface area contributed by atoms with Gasteiger partial charge in [-0.2, -0.15) is 0 Å². The maximum Gasteiger partial charge on any atom is 0.331 e. The zero-order chi connectivity index (χ0) is 7.84. The fourth-order valence-corrected chi connectivity index (χ4v) is 1.33. The summed E-state index contributed by atoms with van der Waals surface area (Å²) >= 11 is 0. The number of esters is 1. The molecule has 0 aromatic heterocycles. The monoisotopic (exact) mass is 152 g/mol. The summed E-state index contributed by atoms with van der Waals surface area (Å²) in [5.74, 6) is -0.302. The molecular weight excluding hydrogens is 144 g/mol. The van der Waals surface area contributed by atoms with Crippen molar-refractivity contribution in [3.05, 3.63) is 23.8 Å². The van der Waals surface area contributed by atoms with E-state index in [-0.39, 0.29) is 12.1 Å². The SMILES string of the molecule is O=C1C=C2C=C[C@H](O)C[C@@H]2O1. The predicted molar refractivity (Wildman–Crippen MR) is 37.7 cm³/mol. The molecule has 0 saturated heterocycles. The Morgan fingerprint density at radius 3 is 3.27 bits per heavy atom. The number of fused-ring (bicyclic) bond motifs is 1. The quantitative estimate of drug-likeness (QED) is 0.503. The summed E-state index contributed by atoms with van der Waals surface area (Å²) < 4.78 is 4.89. The first-order valence-electron chi connectivity index (χ1n) is 3.54. The fraction of sp³-hybridized carbons (Fsp3) is 0.375. The molecule has 3 heteroatoms. The summed E-state index contributed by atoms with van der Waals surface area (Å²) in [6.45, 7) is 0. The van der Waals surface area contributed by atoms with Crippen LogP contribution in [0.4, 0.5) is 0 Å². The van der Waals surface area contributed by atoms with Crippen LogP contribution in [0.3, 0.4) is 0 Å². The van der Waals surface area contributed by atoms with E-state index in [0.29, 0.717) is 6.42 Å². The van der Waals surface area contributed by atoms with Crippen molar-refractivity contribution in [1.29, 1.82) is 0 Å². The van der Waals surface area contributed by atoms with Crippen LogP contribution in [0.15, 0.2) is 23.8 Å². The predicted octanol–water partition coefficient (Wildman–Crippen LogP) is 0.159. The second-order valence-electron chi connectivity index (χ2n) is 2.73. The summed E-state index contributed by atoms with van der Waals surface area (Å²) in [5.41, 5.74) is 0.875. The molecule has 0 aromatic rings. The normalized spacial score (nSPS) is 34.6. The third kappa shape index (κ3) is 1.07. The van der Waals surface area contributed by atoms with Crippen molar-refractivity contribution >= 4 is 5.97 Å². The number of aliphatic hydroxyl groups is 1. The van der Waals surface area contributed by atoms with E-state index in [4.69, 9.17) is 9.84 Å². The van der Waals surface area contributed by atoms with Crippen molar-refractivity contribution in [2.75, 3.05) is 0 Å². The highest BCUT2D eigenvalue weighted by atomic mass is 16.5. The van der Waals surface area contributed by atoms with E-state index in [1.54, 1.807) is 12.2 Å². The lowest BCUT2D eigenvalue weighted by molar-refractivity contribution is -0.139. The molecule has 2 aliphatic rings. The molecule has 1 N–H and O–H groups in total. The molecular formula is C8H8O3. The molecule has 58 valence electrons. The topological polar surface area (TPSA) is 46.5 Å². The van der Waals surface area contributed by atoms with Gasteiger partial charge in [-0.15, -0.1) is 0 Å². The van der Waals surface area contributed by atoms with Crippen LogP contribution in [0.5, 0.6) is 0 Å². The lowest BCUT2D eigenvalue weighted by Gasteiger charge is -2.18. The molecule has 11 heavy (non-hydrogen) atoms. The van der Waals surface area contributed by atoms with Gasteiger partial charge in [-0.05, 0) is 5.57 Å². The van der Waals surface area contributed by atoms with Gasteiger partial charge in [0.15, 0.2) is 0 Å². The van der Waals surface area contributed by atoms with Crippen molar-refractivity contribution < 1.29 is 14.6 Å². The Labute approximate surface area is 64.0 Å². The first-order chi connectivity index (χ1) is 5.25. The van der Waals surface area contributed by atoms with E-state index in [2.05, 4.69) is 0 Å². The molecule has 0 bridgehead atoms. The molecule has 1 heterocycles. The van der Waals surface area contributed by atoms with E-state index in [9.17, 15) is 4.79 Å². The van der Waals surface area contributed by atoms with Gasteiger partial charge in [-0.25, -0.2) is 4.79 Å². The Balaban J connectivity index is 2.26. The van der Waals surface area contributed by atoms with Crippen LogP contribution in [0.25, 0.3) is 0 Å². The van der Waals surface area contributed by atoms with Crippen LogP contribution in [-0.2, 0) is 9.53 Å². The van der Waals surface area contributed by atoms with Crippen molar-refractivity contribution in [2.45, 2.75) is 18.6 Å². The Morgan fingerprint density at radius 1 is 1.64 bits per heavy atom. The first-order valence-corrected chi connectivity index (χ1v) is 3.54. The zero-order valence-corrected chi connectivity index (χ0v) is 5.86. The van der Waals surface area contributed by atoms with Crippen LogP contribution in [0, 0.1) is 0 Å². The highest BCUT2D eigenvalue weighted by Crippen LogP contribution is 2.25.